The molecule has 2 amide bonds. The molecule has 0 saturated carbocycles. The van der Waals surface area contributed by atoms with Crippen LogP contribution in [-0.4, -0.2) is 39.5 Å². The van der Waals surface area contributed by atoms with E-state index in [0.29, 0.717) is 23.5 Å². The molecular formula is C18H19N3O5S. The normalized spacial score (nSPS) is 13.6. The number of nitrogens with zero attached hydrogens (tertiary/aromatic N) is 1. The Labute approximate surface area is 157 Å². The van der Waals surface area contributed by atoms with Crippen LogP contribution in [0.1, 0.15) is 11.1 Å². The van der Waals surface area contributed by atoms with Crippen molar-refractivity contribution in [3.05, 3.63) is 53.6 Å². The molecule has 0 saturated heterocycles. The molecule has 3 rings (SSSR count). The third-order valence-corrected chi connectivity index (χ3v) is 5.56. The van der Waals surface area contributed by atoms with E-state index >= 15 is 0 Å². The van der Waals surface area contributed by atoms with E-state index in [0.717, 1.165) is 5.56 Å². The molecule has 1 aliphatic rings. The molecule has 0 bridgehead atoms. The average Bonchev–Trinajstić information content (AvgIpc) is 2.63. The van der Waals surface area contributed by atoms with Gasteiger partial charge in [0.05, 0.1) is 18.4 Å². The smallest absolute Gasteiger partial charge is 0.321 e. The topological polar surface area (TPSA) is 105 Å². The van der Waals surface area contributed by atoms with Crippen LogP contribution >= 0.6 is 0 Å². The van der Waals surface area contributed by atoms with Gasteiger partial charge < -0.3 is 15.0 Å². The number of anilines is 2. The van der Waals surface area contributed by atoms with Crippen molar-refractivity contribution in [3.8, 4) is 0 Å². The molecule has 9 heteroatoms. The number of amides is 2. The van der Waals surface area contributed by atoms with Gasteiger partial charge in [-0.2, -0.15) is 0 Å². The van der Waals surface area contributed by atoms with Crippen LogP contribution in [0.3, 0.4) is 0 Å². The first-order valence-corrected chi connectivity index (χ1v) is 9.60. The van der Waals surface area contributed by atoms with E-state index in [1.165, 1.54) is 24.1 Å². The molecule has 8 nitrogen and oxygen atoms in total. The maximum absolute atomic E-state index is 12.6. The number of fused-ring (bicyclic) bond motifs is 1. The summed E-state index contributed by atoms with van der Waals surface area (Å²) >= 11 is 0. The zero-order valence-electron chi connectivity index (χ0n) is 14.9. The number of urea groups is 1. The number of carbonyl (C=O) groups excluding carboxylic acids is 2. The van der Waals surface area contributed by atoms with Gasteiger partial charge in [0.1, 0.15) is 0 Å². The highest BCUT2D eigenvalue weighted by atomic mass is 32.2. The Bertz CT molecular complexity index is 987. The first-order chi connectivity index (χ1) is 12.8. The van der Waals surface area contributed by atoms with E-state index in [2.05, 4.69) is 14.8 Å². The molecule has 2 N–H and O–H groups in total. The van der Waals surface area contributed by atoms with Crippen molar-refractivity contribution >= 4 is 33.4 Å². The van der Waals surface area contributed by atoms with Gasteiger partial charge in [-0.05, 0) is 41.5 Å². The molecule has 0 spiro atoms. The summed E-state index contributed by atoms with van der Waals surface area (Å²) in [6.07, 6.45) is 0.0777. The maximum Gasteiger partial charge on any atom is 0.321 e. The minimum Gasteiger partial charge on any atom is -0.469 e. The van der Waals surface area contributed by atoms with E-state index in [9.17, 15) is 18.0 Å². The predicted octanol–water partition coefficient (Wildman–Crippen LogP) is 2.18. The van der Waals surface area contributed by atoms with Crippen LogP contribution in [-0.2, 0) is 32.5 Å². The SMILES string of the molecule is COC(=O)Cc1ccc(S(=O)(=O)Nc2ccc3c(c2)CN(C)C(=O)N3)cc1. The fraction of sp³-hybridized carbons (Fsp3) is 0.222. The van der Waals surface area contributed by atoms with Crippen LogP contribution in [0.2, 0.25) is 0 Å². The fourth-order valence-corrected chi connectivity index (χ4v) is 3.74. The summed E-state index contributed by atoms with van der Waals surface area (Å²) in [7, 11) is -0.826. The second-order valence-corrected chi connectivity index (χ2v) is 7.84. The summed E-state index contributed by atoms with van der Waals surface area (Å²) in [5, 5.41) is 2.73. The summed E-state index contributed by atoms with van der Waals surface area (Å²) < 4.78 is 32.3. The monoisotopic (exact) mass is 389 g/mol. The summed E-state index contributed by atoms with van der Waals surface area (Å²) in [6.45, 7) is 0.388. The standard InChI is InChI=1S/C18H19N3O5S/c1-21-11-13-10-14(5-8-16(13)19-18(21)23)20-27(24,25)15-6-3-12(4-7-15)9-17(22)26-2/h3-8,10,20H,9,11H2,1-2H3,(H,19,23). The quantitative estimate of drug-likeness (QED) is 0.763. The minimum absolute atomic E-state index is 0.0777. The van der Waals surface area contributed by atoms with Crippen LogP contribution in [0.15, 0.2) is 47.4 Å². The Hall–Kier alpha value is -3.07. The molecular weight excluding hydrogens is 370 g/mol. The molecule has 0 radical (unpaired) electrons. The Morgan fingerprint density at radius 3 is 2.59 bits per heavy atom. The fourth-order valence-electron chi connectivity index (χ4n) is 2.69. The summed E-state index contributed by atoms with van der Waals surface area (Å²) in [5.74, 6) is -0.394. The maximum atomic E-state index is 12.6. The second kappa shape index (κ2) is 7.28. The summed E-state index contributed by atoms with van der Waals surface area (Å²) in [4.78, 5) is 24.5. The highest BCUT2D eigenvalue weighted by Gasteiger charge is 2.21. The first kappa shape index (κ1) is 18.7. The lowest BCUT2D eigenvalue weighted by molar-refractivity contribution is -0.139. The van der Waals surface area contributed by atoms with Crippen molar-refractivity contribution in [2.24, 2.45) is 0 Å². The van der Waals surface area contributed by atoms with Crippen LogP contribution in [0, 0.1) is 0 Å². The van der Waals surface area contributed by atoms with E-state index in [4.69, 9.17) is 0 Å². The zero-order chi connectivity index (χ0) is 19.6. The first-order valence-electron chi connectivity index (χ1n) is 8.12. The summed E-state index contributed by atoms with van der Waals surface area (Å²) in [5.41, 5.74) is 2.53. The Kier molecular flexibility index (Phi) is 5.04. The second-order valence-electron chi connectivity index (χ2n) is 6.16. The molecule has 0 aromatic heterocycles. The number of rotatable bonds is 5. The molecule has 0 atom stereocenters. The van der Waals surface area contributed by atoms with Crippen LogP contribution in [0.4, 0.5) is 16.2 Å². The van der Waals surface area contributed by atoms with E-state index in [1.54, 1.807) is 37.4 Å². The third-order valence-electron chi connectivity index (χ3n) is 4.16. The van der Waals surface area contributed by atoms with Crippen molar-refractivity contribution in [3.63, 3.8) is 0 Å². The number of methoxy groups -OCH3 is 1. The van der Waals surface area contributed by atoms with Gasteiger partial charge in [-0.25, -0.2) is 13.2 Å². The lowest BCUT2D eigenvalue weighted by atomic mass is 10.1. The molecule has 142 valence electrons. The third kappa shape index (κ3) is 4.20. The largest absolute Gasteiger partial charge is 0.469 e. The molecule has 0 unspecified atom stereocenters. The van der Waals surface area contributed by atoms with E-state index in [-0.39, 0.29) is 17.3 Å². The van der Waals surface area contributed by atoms with Crippen LogP contribution < -0.4 is 10.0 Å². The molecule has 1 heterocycles. The van der Waals surface area contributed by atoms with Gasteiger partial charge in [0.25, 0.3) is 10.0 Å². The lowest BCUT2D eigenvalue weighted by Gasteiger charge is -2.26. The number of carbonyl (C=O) groups is 2. The van der Waals surface area contributed by atoms with Crippen molar-refractivity contribution in [1.82, 2.24) is 4.90 Å². The van der Waals surface area contributed by atoms with Gasteiger partial charge in [-0.1, -0.05) is 12.1 Å². The van der Waals surface area contributed by atoms with Crippen molar-refractivity contribution in [2.75, 3.05) is 24.2 Å². The summed E-state index contributed by atoms with van der Waals surface area (Å²) in [6, 6.07) is 10.8. The number of sulfonamides is 1. The zero-order valence-corrected chi connectivity index (χ0v) is 15.7. The van der Waals surface area contributed by atoms with E-state index in [1.807, 2.05) is 0 Å². The van der Waals surface area contributed by atoms with Gasteiger partial charge in [-0.3, -0.25) is 9.52 Å². The molecule has 27 heavy (non-hydrogen) atoms. The number of hydrogen-bond acceptors (Lipinski definition) is 5. The van der Waals surface area contributed by atoms with Crippen molar-refractivity contribution < 1.29 is 22.7 Å². The molecule has 1 aliphatic heterocycles. The van der Waals surface area contributed by atoms with Gasteiger partial charge >= 0.3 is 12.0 Å². The number of benzene rings is 2. The number of nitrogens with one attached hydrogen (secondary N) is 2. The van der Waals surface area contributed by atoms with Gasteiger partial charge in [-0.15, -0.1) is 0 Å². The van der Waals surface area contributed by atoms with Crippen LogP contribution in [0.5, 0.6) is 0 Å². The van der Waals surface area contributed by atoms with Gasteiger partial charge in [0.15, 0.2) is 0 Å². The molecule has 2 aromatic rings. The highest BCUT2D eigenvalue weighted by molar-refractivity contribution is 7.92. The van der Waals surface area contributed by atoms with Crippen LogP contribution in [0.25, 0.3) is 0 Å². The Morgan fingerprint density at radius 1 is 1.22 bits per heavy atom. The number of ether oxygens (including phenoxy) is 1. The Morgan fingerprint density at radius 2 is 1.93 bits per heavy atom. The number of hydrogen-bond donors (Lipinski definition) is 2. The molecule has 0 aliphatic carbocycles. The van der Waals surface area contributed by atoms with Crippen molar-refractivity contribution in [1.29, 1.82) is 0 Å². The van der Waals surface area contributed by atoms with Gasteiger partial charge in [0, 0.05) is 25.0 Å². The highest BCUT2D eigenvalue weighted by Crippen LogP contribution is 2.27. The Balaban J connectivity index is 1.78. The number of esters is 1. The van der Waals surface area contributed by atoms with Gasteiger partial charge in [0.2, 0.25) is 0 Å². The lowest BCUT2D eigenvalue weighted by Crippen LogP contribution is -2.35. The van der Waals surface area contributed by atoms with E-state index < -0.39 is 16.0 Å². The average molecular weight is 389 g/mol. The molecule has 0 fully saturated rings. The molecule has 2 aromatic carbocycles. The predicted molar refractivity (Wildman–Crippen MR) is 99.9 cm³/mol. The van der Waals surface area contributed by atoms with Crippen molar-refractivity contribution in [2.45, 2.75) is 17.9 Å². The minimum atomic E-state index is -3.78.